The lowest BCUT2D eigenvalue weighted by Crippen LogP contribution is -2.46. The lowest BCUT2D eigenvalue weighted by Gasteiger charge is -2.33. The fourth-order valence-electron chi connectivity index (χ4n) is 5.16. The molecule has 4 rings (SSSR count). The molecule has 1 aromatic heterocycles. The van der Waals surface area contributed by atoms with E-state index >= 15 is 0 Å². The van der Waals surface area contributed by atoms with Gasteiger partial charge >= 0.3 is 0 Å². The van der Waals surface area contributed by atoms with Gasteiger partial charge in [-0.25, -0.2) is 8.78 Å². The molecule has 1 saturated carbocycles. The molecule has 1 aliphatic heterocycles. The van der Waals surface area contributed by atoms with Gasteiger partial charge in [0.05, 0.1) is 6.54 Å². The summed E-state index contributed by atoms with van der Waals surface area (Å²) < 4.78 is 27.8. The van der Waals surface area contributed by atoms with Gasteiger partial charge in [-0.2, -0.15) is 0 Å². The van der Waals surface area contributed by atoms with Crippen LogP contribution in [0.25, 0.3) is 5.70 Å². The van der Waals surface area contributed by atoms with E-state index in [0.29, 0.717) is 54.7 Å². The van der Waals surface area contributed by atoms with E-state index in [1.807, 2.05) is 18.2 Å². The largest absolute Gasteiger partial charge is 0.382 e. The normalized spacial score (nSPS) is 19.3. The number of aromatic amines is 1. The molecule has 4 N–H and O–H groups in total. The van der Waals surface area contributed by atoms with E-state index in [1.54, 1.807) is 17.9 Å². The molecule has 2 aliphatic rings. The van der Waals surface area contributed by atoms with Crippen molar-refractivity contribution >= 4 is 28.9 Å². The number of benzene rings is 1. The van der Waals surface area contributed by atoms with Crippen molar-refractivity contribution in [1.82, 2.24) is 30.7 Å². The van der Waals surface area contributed by atoms with Gasteiger partial charge in [0.15, 0.2) is 0 Å². The first-order valence-corrected chi connectivity index (χ1v) is 13.7. The third kappa shape index (κ3) is 8.07. The van der Waals surface area contributed by atoms with Crippen LogP contribution in [0.4, 0.5) is 8.78 Å². The summed E-state index contributed by atoms with van der Waals surface area (Å²) in [6, 6.07) is 7.21. The molecule has 8 nitrogen and oxygen atoms in total. The van der Waals surface area contributed by atoms with Gasteiger partial charge in [0.2, 0.25) is 0 Å². The highest BCUT2D eigenvalue weighted by Gasteiger charge is 2.35. The minimum Gasteiger partial charge on any atom is -0.382 e. The first kappa shape index (κ1) is 28.2. The number of nitrogens with zero attached hydrogens (tertiary/aromatic N) is 3. The molecule has 11 heteroatoms. The molecule has 0 radical (unpaired) electrons. The molecule has 2 fully saturated rings. The fraction of sp³-hybridized carbons (Fsp3) is 0.556. The third-order valence-corrected chi connectivity index (χ3v) is 7.43. The number of aromatic nitrogens is 3. The Bertz CT molecular complexity index is 1150. The number of likely N-dealkylation sites (tertiary alicyclic amines) is 1. The number of carbonyl (C=O) groups is 1. The second-order valence-electron chi connectivity index (χ2n) is 10.3. The van der Waals surface area contributed by atoms with E-state index < -0.39 is 17.9 Å². The van der Waals surface area contributed by atoms with Gasteiger partial charge in [-0.05, 0) is 51.3 Å². The molecule has 0 bridgehead atoms. The Morgan fingerprint density at radius 2 is 2.05 bits per heavy atom. The maximum absolute atomic E-state index is 13.9. The number of hydrogen-bond donors (Lipinski definition) is 4. The zero-order chi connectivity index (χ0) is 27.1. The van der Waals surface area contributed by atoms with Crippen molar-refractivity contribution in [2.75, 3.05) is 19.6 Å². The SMILES string of the molecule is Cc1nnc(C[C@H](CCN2CCCC(F)(F)C2)NC(=O)C(=N)/C=C(\NC2CCCC2)c2ccccc2Cl)[nH]1. The van der Waals surface area contributed by atoms with Gasteiger partial charge in [-0.3, -0.25) is 15.1 Å². The van der Waals surface area contributed by atoms with Crippen LogP contribution < -0.4 is 10.6 Å². The van der Waals surface area contributed by atoms with Crippen LogP contribution in [0.2, 0.25) is 5.02 Å². The zero-order valence-electron chi connectivity index (χ0n) is 21.7. The number of amides is 1. The van der Waals surface area contributed by atoms with Crippen LogP contribution >= 0.6 is 11.6 Å². The Morgan fingerprint density at radius 3 is 2.74 bits per heavy atom. The zero-order valence-corrected chi connectivity index (χ0v) is 22.5. The monoisotopic (exact) mass is 547 g/mol. The van der Waals surface area contributed by atoms with Crippen LogP contribution in [0.1, 0.15) is 62.2 Å². The summed E-state index contributed by atoms with van der Waals surface area (Å²) in [7, 11) is 0. The highest BCUT2D eigenvalue weighted by Crippen LogP contribution is 2.27. The summed E-state index contributed by atoms with van der Waals surface area (Å²) in [6.45, 7) is 2.52. The standard InChI is InChI=1S/C27H36ClF2N7O/c1-18-32-25(36-35-18)15-20(11-14-37-13-6-12-27(29,30)17-37)34-26(38)23(31)16-24(33-19-7-2-3-8-19)21-9-4-5-10-22(21)28/h4-5,9-10,16,19-20,31,33H,2-3,6-8,11-15,17H2,1H3,(H,34,38)(H,32,35,36)/b24-16-,31-23?/t20-/m0/s1. The van der Waals surface area contributed by atoms with Crippen LogP contribution in [0.5, 0.6) is 0 Å². The summed E-state index contributed by atoms with van der Waals surface area (Å²) in [5.74, 6) is -1.99. The predicted molar refractivity (Wildman–Crippen MR) is 145 cm³/mol. The van der Waals surface area contributed by atoms with Crippen molar-refractivity contribution in [3.8, 4) is 0 Å². The maximum atomic E-state index is 13.9. The molecule has 206 valence electrons. The van der Waals surface area contributed by atoms with Gasteiger partial charge in [-0.15, -0.1) is 10.2 Å². The van der Waals surface area contributed by atoms with Gasteiger partial charge in [0, 0.05) is 47.8 Å². The maximum Gasteiger partial charge on any atom is 0.269 e. The third-order valence-electron chi connectivity index (χ3n) is 7.10. The molecule has 1 atom stereocenters. The Morgan fingerprint density at radius 1 is 1.29 bits per heavy atom. The summed E-state index contributed by atoms with van der Waals surface area (Å²) >= 11 is 6.45. The molecule has 38 heavy (non-hydrogen) atoms. The van der Waals surface area contributed by atoms with Gasteiger partial charge < -0.3 is 15.6 Å². The van der Waals surface area contributed by atoms with Crippen molar-refractivity contribution in [3.05, 3.63) is 52.6 Å². The number of H-pyrrole nitrogens is 1. The number of halogens is 3. The Kier molecular flexibility index (Phi) is 9.49. The van der Waals surface area contributed by atoms with E-state index in [4.69, 9.17) is 17.0 Å². The Hall–Kier alpha value is -2.85. The van der Waals surface area contributed by atoms with Crippen molar-refractivity contribution in [3.63, 3.8) is 0 Å². The number of rotatable bonds is 11. The van der Waals surface area contributed by atoms with E-state index in [2.05, 4.69) is 25.8 Å². The van der Waals surface area contributed by atoms with Crippen LogP contribution in [-0.2, 0) is 11.2 Å². The van der Waals surface area contributed by atoms with E-state index in [9.17, 15) is 13.6 Å². The van der Waals surface area contributed by atoms with Crippen LogP contribution in [-0.4, -0.2) is 69.3 Å². The Balaban J connectivity index is 1.46. The van der Waals surface area contributed by atoms with Crippen molar-refractivity contribution < 1.29 is 13.6 Å². The lowest BCUT2D eigenvalue weighted by molar-refractivity contribution is -0.115. The molecule has 1 amide bonds. The van der Waals surface area contributed by atoms with Crippen molar-refractivity contribution in [2.24, 2.45) is 0 Å². The molecule has 2 heterocycles. The average Bonchev–Trinajstić information content (AvgIpc) is 3.53. The summed E-state index contributed by atoms with van der Waals surface area (Å²) in [5, 5.41) is 23.6. The second kappa shape index (κ2) is 12.8. The van der Waals surface area contributed by atoms with Gasteiger partial charge in [0.25, 0.3) is 11.8 Å². The quantitative estimate of drug-likeness (QED) is 0.309. The van der Waals surface area contributed by atoms with Crippen molar-refractivity contribution in [1.29, 1.82) is 5.41 Å². The number of nitrogens with one attached hydrogen (secondary N) is 4. The first-order chi connectivity index (χ1) is 18.2. The van der Waals surface area contributed by atoms with Crippen molar-refractivity contribution in [2.45, 2.75) is 76.3 Å². The highest BCUT2D eigenvalue weighted by molar-refractivity contribution is 6.43. The molecule has 0 spiro atoms. The highest BCUT2D eigenvalue weighted by atomic mass is 35.5. The molecule has 1 aliphatic carbocycles. The summed E-state index contributed by atoms with van der Waals surface area (Å²) in [4.78, 5) is 18.0. The number of hydrogen-bond acceptors (Lipinski definition) is 6. The smallest absolute Gasteiger partial charge is 0.269 e. The fourth-order valence-corrected chi connectivity index (χ4v) is 5.40. The number of aryl methyl sites for hydroxylation is 1. The van der Waals surface area contributed by atoms with E-state index in [-0.39, 0.29) is 24.7 Å². The second-order valence-corrected chi connectivity index (χ2v) is 10.7. The lowest BCUT2D eigenvalue weighted by atomic mass is 10.0. The Labute approximate surface area is 227 Å². The average molecular weight is 548 g/mol. The minimum atomic E-state index is -2.69. The molecular weight excluding hydrogens is 512 g/mol. The number of alkyl halides is 2. The topological polar surface area (TPSA) is 110 Å². The van der Waals surface area contributed by atoms with Crippen LogP contribution in [0.15, 0.2) is 30.3 Å². The minimum absolute atomic E-state index is 0.0901. The van der Waals surface area contributed by atoms with Crippen LogP contribution in [0.3, 0.4) is 0 Å². The first-order valence-electron chi connectivity index (χ1n) is 13.3. The molecule has 1 aromatic carbocycles. The van der Waals surface area contributed by atoms with Crippen LogP contribution in [0, 0.1) is 12.3 Å². The molecule has 2 aromatic rings. The van der Waals surface area contributed by atoms with Gasteiger partial charge in [-0.1, -0.05) is 42.6 Å². The predicted octanol–water partition coefficient (Wildman–Crippen LogP) is 4.51. The molecular formula is C27H36ClF2N7O. The van der Waals surface area contributed by atoms with E-state index in [0.717, 1.165) is 31.2 Å². The molecule has 1 saturated heterocycles. The molecule has 0 unspecified atom stereocenters. The number of piperidine rings is 1. The van der Waals surface area contributed by atoms with E-state index in [1.165, 1.54) is 6.08 Å². The van der Waals surface area contributed by atoms with Gasteiger partial charge in [0.1, 0.15) is 17.4 Å². The summed E-state index contributed by atoms with van der Waals surface area (Å²) in [5.41, 5.74) is 1.16. The summed E-state index contributed by atoms with van der Waals surface area (Å²) in [6.07, 6.45) is 6.99. The number of carbonyl (C=O) groups excluding carboxylic acids is 1.